The molecule has 0 unspecified atom stereocenters. The molecule has 96 valence electrons. The Morgan fingerprint density at radius 2 is 1.32 bits per heavy atom. The summed E-state index contributed by atoms with van der Waals surface area (Å²) in [6.07, 6.45) is 1.06. The van der Waals surface area contributed by atoms with Gasteiger partial charge in [-0.3, -0.25) is 0 Å². The molecule has 2 aromatic rings. The molecule has 0 radical (unpaired) electrons. The number of benzene rings is 2. The van der Waals surface area contributed by atoms with Crippen molar-refractivity contribution >= 4 is 0 Å². The first-order valence-electron chi connectivity index (χ1n) is 6.65. The first-order chi connectivity index (χ1) is 9.31. The SMILES string of the molecule is CCOc1ccc(C#Cc2ccc(CC)cc2)cc1. The summed E-state index contributed by atoms with van der Waals surface area (Å²) in [6.45, 7) is 4.82. The van der Waals surface area contributed by atoms with Crippen molar-refractivity contribution in [3.8, 4) is 17.6 Å². The lowest BCUT2D eigenvalue weighted by Crippen LogP contribution is -1.90. The molecular weight excluding hydrogens is 232 g/mol. The molecule has 0 aliphatic rings. The number of ether oxygens (including phenoxy) is 1. The third kappa shape index (κ3) is 3.89. The standard InChI is InChI=1S/C18H18O/c1-3-15-5-7-16(8-6-15)9-10-17-11-13-18(14-12-17)19-4-2/h5-8,11-14H,3-4H2,1-2H3. The number of rotatable bonds is 3. The van der Waals surface area contributed by atoms with Crippen molar-refractivity contribution in [2.75, 3.05) is 6.61 Å². The molecule has 0 spiro atoms. The molecule has 0 bridgehead atoms. The van der Waals surface area contributed by atoms with Crippen LogP contribution < -0.4 is 4.74 Å². The van der Waals surface area contributed by atoms with Gasteiger partial charge in [-0.15, -0.1) is 0 Å². The summed E-state index contributed by atoms with van der Waals surface area (Å²) in [7, 11) is 0. The van der Waals surface area contributed by atoms with Gasteiger partial charge in [-0.1, -0.05) is 30.9 Å². The highest BCUT2D eigenvalue weighted by atomic mass is 16.5. The van der Waals surface area contributed by atoms with Gasteiger partial charge in [0, 0.05) is 11.1 Å². The second kappa shape index (κ2) is 6.66. The molecule has 0 saturated heterocycles. The first kappa shape index (κ1) is 13.2. The molecule has 0 amide bonds. The lowest BCUT2D eigenvalue weighted by atomic mass is 10.1. The van der Waals surface area contributed by atoms with E-state index in [0.717, 1.165) is 23.3 Å². The van der Waals surface area contributed by atoms with Gasteiger partial charge in [0.05, 0.1) is 6.61 Å². The minimum absolute atomic E-state index is 0.689. The monoisotopic (exact) mass is 250 g/mol. The van der Waals surface area contributed by atoms with Crippen LogP contribution in [-0.2, 0) is 6.42 Å². The Morgan fingerprint density at radius 3 is 1.79 bits per heavy atom. The number of hydrogen-bond acceptors (Lipinski definition) is 1. The third-order valence-corrected chi connectivity index (χ3v) is 2.88. The van der Waals surface area contributed by atoms with E-state index < -0.39 is 0 Å². The summed E-state index contributed by atoms with van der Waals surface area (Å²) >= 11 is 0. The maximum Gasteiger partial charge on any atom is 0.119 e. The topological polar surface area (TPSA) is 9.23 Å². The average Bonchev–Trinajstić information content (AvgIpc) is 2.47. The Morgan fingerprint density at radius 1 is 0.789 bits per heavy atom. The quantitative estimate of drug-likeness (QED) is 0.747. The predicted octanol–water partition coefficient (Wildman–Crippen LogP) is 4.05. The fourth-order valence-corrected chi connectivity index (χ4v) is 1.77. The molecule has 0 saturated carbocycles. The van der Waals surface area contributed by atoms with Crippen LogP contribution in [0.3, 0.4) is 0 Å². The van der Waals surface area contributed by atoms with Crippen LogP contribution in [0.1, 0.15) is 30.5 Å². The molecule has 0 aliphatic heterocycles. The lowest BCUT2D eigenvalue weighted by Gasteiger charge is -2.01. The Bertz CT molecular complexity index is 568. The van der Waals surface area contributed by atoms with Crippen LogP contribution in [0.2, 0.25) is 0 Å². The summed E-state index contributed by atoms with van der Waals surface area (Å²) < 4.78 is 5.40. The fourth-order valence-electron chi connectivity index (χ4n) is 1.77. The zero-order valence-electron chi connectivity index (χ0n) is 11.4. The second-order valence-corrected chi connectivity index (χ2v) is 4.26. The van der Waals surface area contributed by atoms with Gasteiger partial charge in [0.1, 0.15) is 5.75 Å². The van der Waals surface area contributed by atoms with E-state index in [1.807, 2.05) is 31.2 Å². The van der Waals surface area contributed by atoms with Gasteiger partial charge in [0.2, 0.25) is 0 Å². The Labute approximate surface area is 115 Å². The zero-order valence-corrected chi connectivity index (χ0v) is 11.4. The molecule has 2 aromatic carbocycles. The second-order valence-electron chi connectivity index (χ2n) is 4.26. The van der Waals surface area contributed by atoms with Gasteiger partial charge in [-0.2, -0.15) is 0 Å². The number of aryl methyl sites for hydroxylation is 1. The van der Waals surface area contributed by atoms with E-state index >= 15 is 0 Å². The summed E-state index contributed by atoms with van der Waals surface area (Å²) in [4.78, 5) is 0. The van der Waals surface area contributed by atoms with Crippen LogP contribution in [0.4, 0.5) is 0 Å². The van der Waals surface area contributed by atoms with Gasteiger partial charge >= 0.3 is 0 Å². The van der Waals surface area contributed by atoms with Crippen LogP contribution in [-0.4, -0.2) is 6.61 Å². The molecule has 0 N–H and O–H groups in total. The smallest absolute Gasteiger partial charge is 0.119 e. The van der Waals surface area contributed by atoms with Crippen LogP contribution >= 0.6 is 0 Å². The molecule has 0 aromatic heterocycles. The summed E-state index contributed by atoms with van der Waals surface area (Å²) in [5, 5.41) is 0. The Hall–Kier alpha value is -2.20. The van der Waals surface area contributed by atoms with Crippen molar-refractivity contribution in [1.29, 1.82) is 0 Å². The van der Waals surface area contributed by atoms with E-state index in [1.165, 1.54) is 5.56 Å². The van der Waals surface area contributed by atoms with Crippen LogP contribution in [0.25, 0.3) is 0 Å². The van der Waals surface area contributed by atoms with Crippen LogP contribution in [0.5, 0.6) is 5.75 Å². The first-order valence-corrected chi connectivity index (χ1v) is 6.65. The van der Waals surface area contributed by atoms with Gasteiger partial charge in [0.15, 0.2) is 0 Å². The highest BCUT2D eigenvalue weighted by Gasteiger charge is 1.92. The van der Waals surface area contributed by atoms with Crippen molar-refractivity contribution in [3.63, 3.8) is 0 Å². The molecule has 0 fully saturated rings. The van der Waals surface area contributed by atoms with Crippen molar-refractivity contribution < 1.29 is 4.74 Å². The molecule has 0 heterocycles. The minimum Gasteiger partial charge on any atom is -0.494 e. The van der Waals surface area contributed by atoms with Crippen molar-refractivity contribution in [2.45, 2.75) is 20.3 Å². The predicted molar refractivity (Wildman–Crippen MR) is 79.4 cm³/mol. The maximum atomic E-state index is 5.40. The van der Waals surface area contributed by atoms with Gasteiger partial charge in [0.25, 0.3) is 0 Å². The summed E-state index contributed by atoms with van der Waals surface area (Å²) in [5.41, 5.74) is 3.39. The molecule has 0 atom stereocenters. The third-order valence-electron chi connectivity index (χ3n) is 2.88. The maximum absolute atomic E-state index is 5.40. The zero-order chi connectivity index (χ0) is 13.5. The Kier molecular flexibility index (Phi) is 4.64. The van der Waals surface area contributed by atoms with E-state index in [2.05, 4.69) is 43.0 Å². The van der Waals surface area contributed by atoms with Crippen molar-refractivity contribution in [2.24, 2.45) is 0 Å². The normalized spacial score (nSPS) is 9.58. The van der Waals surface area contributed by atoms with Gasteiger partial charge < -0.3 is 4.74 Å². The van der Waals surface area contributed by atoms with Crippen LogP contribution in [0, 0.1) is 11.8 Å². The van der Waals surface area contributed by atoms with E-state index in [1.54, 1.807) is 0 Å². The highest BCUT2D eigenvalue weighted by molar-refractivity contribution is 5.44. The summed E-state index contributed by atoms with van der Waals surface area (Å²) in [5.74, 6) is 7.22. The minimum atomic E-state index is 0.689. The molecular formula is C18H18O. The van der Waals surface area contributed by atoms with E-state index in [4.69, 9.17) is 4.74 Å². The summed E-state index contributed by atoms with van der Waals surface area (Å²) in [6, 6.07) is 16.3. The largest absolute Gasteiger partial charge is 0.494 e. The van der Waals surface area contributed by atoms with E-state index in [0.29, 0.717) is 6.61 Å². The van der Waals surface area contributed by atoms with E-state index in [-0.39, 0.29) is 0 Å². The van der Waals surface area contributed by atoms with Gasteiger partial charge in [-0.05, 0) is 55.3 Å². The van der Waals surface area contributed by atoms with Crippen LogP contribution in [0.15, 0.2) is 48.5 Å². The molecule has 1 nitrogen and oxygen atoms in total. The molecule has 2 rings (SSSR count). The fraction of sp³-hybridized carbons (Fsp3) is 0.222. The molecule has 1 heteroatoms. The highest BCUT2D eigenvalue weighted by Crippen LogP contribution is 2.11. The molecule has 19 heavy (non-hydrogen) atoms. The van der Waals surface area contributed by atoms with E-state index in [9.17, 15) is 0 Å². The Balaban J connectivity index is 2.09. The van der Waals surface area contributed by atoms with Crippen molar-refractivity contribution in [3.05, 3.63) is 65.2 Å². The van der Waals surface area contributed by atoms with Crippen molar-refractivity contribution in [1.82, 2.24) is 0 Å². The van der Waals surface area contributed by atoms with Gasteiger partial charge in [-0.25, -0.2) is 0 Å². The average molecular weight is 250 g/mol. The molecule has 0 aliphatic carbocycles. The lowest BCUT2D eigenvalue weighted by molar-refractivity contribution is 0.340. The number of hydrogen-bond donors (Lipinski definition) is 0.